The highest BCUT2D eigenvalue weighted by Gasteiger charge is 2.20. The number of fused-ring (bicyclic) bond motifs is 1. The van der Waals surface area contributed by atoms with Crippen LogP contribution in [-0.2, 0) is 5.88 Å². The summed E-state index contributed by atoms with van der Waals surface area (Å²) in [4.78, 5) is 4.54. The van der Waals surface area contributed by atoms with Gasteiger partial charge in [-0.3, -0.25) is 0 Å². The highest BCUT2D eigenvalue weighted by atomic mass is 35.5. The van der Waals surface area contributed by atoms with Crippen LogP contribution in [0.25, 0.3) is 11.0 Å². The number of halogens is 2. The molecule has 19 heavy (non-hydrogen) atoms. The minimum absolute atomic E-state index is 0.205. The molecule has 0 aliphatic heterocycles. The molecular weight excluding hydrogens is 263 g/mol. The van der Waals surface area contributed by atoms with Gasteiger partial charge < -0.3 is 4.57 Å². The van der Waals surface area contributed by atoms with E-state index in [-0.39, 0.29) is 5.82 Å². The van der Waals surface area contributed by atoms with Gasteiger partial charge in [-0.05, 0) is 31.0 Å². The van der Waals surface area contributed by atoms with Gasteiger partial charge in [-0.25, -0.2) is 9.37 Å². The molecule has 102 valence electrons. The van der Waals surface area contributed by atoms with E-state index in [9.17, 15) is 4.39 Å². The van der Waals surface area contributed by atoms with Gasteiger partial charge in [0.15, 0.2) is 0 Å². The van der Waals surface area contributed by atoms with E-state index in [2.05, 4.69) is 9.55 Å². The lowest BCUT2D eigenvalue weighted by Gasteiger charge is -2.19. The monoisotopic (exact) mass is 280 g/mol. The second-order valence-electron chi connectivity index (χ2n) is 5.31. The highest BCUT2D eigenvalue weighted by molar-refractivity contribution is 6.16. The van der Waals surface area contributed by atoms with Crippen molar-refractivity contribution in [2.75, 3.05) is 0 Å². The maximum Gasteiger partial charge on any atom is 0.125 e. The van der Waals surface area contributed by atoms with Crippen molar-refractivity contribution in [3.8, 4) is 0 Å². The highest BCUT2D eigenvalue weighted by Crippen LogP contribution is 2.32. The molecule has 0 saturated heterocycles. The van der Waals surface area contributed by atoms with E-state index in [1.165, 1.54) is 31.7 Å². The molecule has 0 spiro atoms. The van der Waals surface area contributed by atoms with Crippen LogP contribution in [-0.4, -0.2) is 9.55 Å². The van der Waals surface area contributed by atoms with E-state index in [0.717, 1.165) is 29.7 Å². The molecule has 1 saturated carbocycles. The van der Waals surface area contributed by atoms with Gasteiger partial charge in [0.25, 0.3) is 0 Å². The van der Waals surface area contributed by atoms with Gasteiger partial charge in [-0.1, -0.05) is 25.7 Å². The summed E-state index contributed by atoms with van der Waals surface area (Å²) in [6.07, 6.45) is 7.36. The van der Waals surface area contributed by atoms with Crippen LogP contribution >= 0.6 is 11.6 Å². The van der Waals surface area contributed by atoms with Crippen LogP contribution in [0.15, 0.2) is 18.2 Å². The predicted molar refractivity (Wildman–Crippen MR) is 76.0 cm³/mol. The second kappa shape index (κ2) is 5.49. The third-order valence-electron chi connectivity index (χ3n) is 4.03. The SMILES string of the molecule is Fc1ccc2nc(CCl)n(C3CCCCCC3)c2c1. The van der Waals surface area contributed by atoms with Crippen molar-refractivity contribution in [1.82, 2.24) is 9.55 Å². The van der Waals surface area contributed by atoms with E-state index in [1.807, 2.05) is 0 Å². The smallest absolute Gasteiger partial charge is 0.125 e. The Morgan fingerprint density at radius 1 is 1.21 bits per heavy atom. The van der Waals surface area contributed by atoms with Crippen molar-refractivity contribution in [2.45, 2.75) is 50.4 Å². The molecule has 0 bridgehead atoms. The first-order chi connectivity index (χ1) is 9.29. The Kier molecular flexibility index (Phi) is 3.74. The fraction of sp³-hybridized carbons (Fsp3) is 0.533. The van der Waals surface area contributed by atoms with Gasteiger partial charge in [0.05, 0.1) is 16.9 Å². The largest absolute Gasteiger partial charge is 0.324 e. The molecule has 0 radical (unpaired) electrons. The lowest BCUT2D eigenvalue weighted by Crippen LogP contribution is -2.11. The summed E-state index contributed by atoms with van der Waals surface area (Å²) in [5.74, 6) is 1.05. The van der Waals surface area contributed by atoms with Gasteiger partial charge in [0.1, 0.15) is 11.6 Å². The summed E-state index contributed by atoms with van der Waals surface area (Å²) in [7, 11) is 0. The van der Waals surface area contributed by atoms with Crippen LogP contribution in [0.2, 0.25) is 0 Å². The predicted octanol–water partition coefficient (Wildman–Crippen LogP) is 4.81. The van der Waals surface area contributed by atoms with Crippen molar-refractivity contribution in [3.05, 3.63) is 29.8 Å². The van der Waals surface area contributed by atoms with Gasteiger partial charge in [0, 0.05) is 6.04 Å². The molecule has 4 heteroatoms. The van der Waals surface area contributed by atoms with Crippen LogP contribution in [0.3, 0.4) is 0 Å². The zero-order valence-corrected chi connectivity index (χ0v) is 11.7. The zero-order chi connectivity index (χ0) is 13.2. The lowest BCUT2D eigenvalue weighted by atomic mass is 10.1. The van der Waals surface area contributed by atoms with E-state index in [0.29, 0.717) is 11.9 Å². The standard InChI is InChI=1S/C15H18ClFN2/c16-10-15-18-13-8-7-11(17)9-14(13)19(15)12-5-3-1-2-4-6-12/h7-9,12H,1-6,10H2. The Labute approximate surface area is 117 Å². The fourth-order valence-corrected chi connectivity index (χ4v) is 3.32. The summed E-state index contributed by atoms with van der Waals surface area (Å²) in [5.41, 5.74) is 1.74. The van der Waals surface area contributed by atoms with Crippen LogP contribution in [0.4, 0.5) is 4.39 Å². The van der Waals surface area contributed by atoms with Gasteiger partial charge >= 0.3 is 0 Å². The van der Waals surface area contributed by atoms with Crippen LogP contribution in [0.5, 0.6) is 0 Å². The quantitative estimate of drug-likeness (QED) is 0.570. The minimum atomic E-state index is -0.205. The maximum atomic E-state index is 13.5. The van der Waals surface area contributed by atoms with Gasteiger partial charge in [-0.15, -0.1) is 11.6 Å². The molecule has 1 aromatic heterocycles. The van der Waals surface area contributed by atoms with Crippen LogP contribution in [0.1, 0.15) is 50.4 Å². The first-order valence-electron chi connectivity index (χ1n) is 7.02. The molecule has 0 unspecified atom stereocenters. The van der Waals surface area contributed by atoms with Crippen molar-refractivity contribution in [3.63, 3.8) is 0 Å². The van der Waals surface area contributed by atoms with Crippen molar-refractivity contribution < 1.29 is 4.39 Å². The third-order valence-corrected chi connectivity index (χ3v) is 4.27. The minimum Gasteiger partial charge on any atom is -0.324 e. The van der Waals surface area contributed by atoms with Crippen LogP contribution in [0, 0.1) is 5.82 Å². The summed E-state index contributed by atoms with van der Waals surface area (Å²) >= 11 is 6.03. The lowest BCUT2D eigenvalue weighted by molar-refractivity contribution is 0.444. The molecule has 2 nitrogen and oxygen atoms in total. The van der Waals surface area contributed by atoms with Crippen molar-refractivity contribution in [2.24, 2.45) is 0 Å². The summed E-state index contributed by atoms with van der Waals surface area (Å²) in [6.45, 7) is 0. The molecule has 1 fully saturated rings. The number of rotatable bonds is 2. The normalized spacial score (nSPS) is 17.8. The molecule has 1 aromatic carbocycles. The van der Waals surface area contributed by atoms with E-state index < -0.39 is 0 Å². The summed E-state index contributed by atoms with van der Waals surface area (Å²) in [6, 6.07) is 5.21. The first kappa shape index (κ1) is 12.9. The number of benzene rings is 1. The molecular formula is C15H18ClFN2. The Hall–Kier alpha value is -1.09. The van der Waals surface area contributed by atoms with E-state index in [4.69, 9.17) is 11.6 Å². The number of aromatic nitrogens is 2. The second-order valence-corrected chi connectivity index (χ2v) is 5.58. The topological polar surface area (TPSA) is 17.8 Å². The molecule has 0 N–H and O–H groups in total. The zero-order valence-electron chi connectivity index (χ0n) is 10.9. The molecule has 0 amide bonds. The number of alkyl halides is 1. The maximum absolute atomic E-state index is 13.5. The molecule has 0 atom stereocenters. The average molecular weight is 281 g/mol. The number of hydrogen-bond acceptors (Lipinski definition) is 1. The fourth-order valence-electron chi connectivity index (χ4n) is 3.13. The number of hydrogen-bond donors (Lipinski definition) is 0. The Morgan fingerprint density at radius 3 is 2.63 bits per heavy atom. The molecule has 1 heterocycles. The summed E-state index contributed by atoms with van der Waals surface area (Å²) in [5, 5.41) is 0. The first-order valence-corrected chi connectivity index (χ1v) is 7.55. The van der Waals surface area contributed by atoms with Gasteiger partial charge in [-0.2, -0.15) is 0 Å². The van der Waals surface area contributed by atoms with E-state index in [1.54, 1.807) is 12.1 Å². The third kappa shape index (κ3) is 2.48. The molecule has 3 rings (SSSR count). The van der Waals surface area contributed by atoms with Crippen LogP contribution < -0.4 is 0 Å². The van der Waals surface area contributed by atoms with Crippen molar-refractivity contribution in [1.29, 1.82) is 0 Å². The Balaban J connectivity index is 2.10. The molecule has 2 aromatic rings. The van der Waals surface area contributed by atoms with E-state index >= 15 is 0 Å². The number of nitrogens with zero attached hydrogens (tertiary/aromatic N) is 2. The molecule has 1 aliphatic carbocycles. The Morgan fingerprint density at radius 2 is 1.95 bits per heavy atom. The average Bonchev–Trinajstić information content (AvgIpc) is 2.60. The Bertz CT molecular complexity index is 571. The van der Waals surface area contributed by atoms with Crippen molar-refractivity contribution >= 4 is 22.6 Å². The number of imidazole rings is 1. The molecule has 1 aliphatic rings. The van der Waals surface area contributed by atoms with Gasteiger partial charge in [0.2, 0.25) is 0 Å². The summed E-state index contributed by atoms with van der Waals surface area (Å²) < 4.78 is 15.7.